The molecule has 3 aliphatic rings. The molecular formula is C45H50N4O3. The van der Waals surface area contributed by atoms with Crippen molar-refractivity contribution in [3.8, 4) is 11.3 Å². The molecular weight excluding hydrogens is 645 g/mol. The third-order valence-electron chi connectivity index (χ3n) is 10.6. The fourth-order valence-electron chi connectivity index (χ4n) is 8.00. The number of morpholine rings is 1. The lowest BCUT2D eigenvalue weighted by molar-refractivity contribution is 0.0193. The Balaban J connectivity index is 0.00000207. The van der Waals surface area contributed by atoms with Crippen LogP contribution < -0.4 is 4.90 Å². The first-order valence-corrected chi connectivity index (χ1v) is 19.0. The Hall–Kier alpha value is -4.98. The van der Waals surface area contributed by atoms with Crippen LogP contribution >= 0.6 is 0 Å². The Labute approximate surface area is 308 Å². The van der Waals surface area contributed by atoms with Crippen molar-refractivity contribution in [2.45, 2.75) is 65.2 Å². The molecule has 1 saturated heterocycles. The third kappa shape index (κ3) is 7.48. The van der Waals surface area contributed by atoms with Gasteiger partial charge in [-0.05, 0) is 66.6 Å². The summed E-state index contributed by atoms with van der Waals surface area (Å²) in [5.74, 6) is 0.0292. The number of fused-ring (bicyclic) bond motifs is 2. The van der Waals surface area contributed by atoms with Crippen LogP contribution in [0.15, 0.2) is 115 Å². The van der Waals surface area contributed by atoms with Crippen molar-refractivity contribution in [3.05, 3.63) is 149 Å². The standard InChI is InChI=1S/C43H44N4O3.C2H6/c48-42(47-30-34-16-8-7-15-33(34)27-36(47)31-44-23-25-50-26-24-44)38-20-10-9-19-37(38)41-28-39(40-21-11-12-22-45(40)41)43(49)46(35-17-5-2-6-18-35)29-32-13-3-1-4-14-32;1-2/h1-10,13-20,28,36H,11-12,21-27,29-31H2;1-2H3. The summed E-state index contributed by atoms with van der Waals surface area (Å²) in [6.45, 7) is 9.92. The van der Waals surface area contributed by atoms with Crippen LogP contribution in [0, 0.1) is 0 Å². The van der Waals surface area contributed by atoms with E-state index < -0.39 is 0 Å². The number of carbonyl (C=O) groups excluding carboxylic acids is 2. The molecule has 0 radical (unpaired) electrons. The van der Waals surface area contributed by atoms with Crippen LogP contribution in [0.1, 0.15) is 69.8 Å². The topological polar surface area (TPSA) is 58.0 Å². The lowest BCUT2D eigenvalue weighted by atomic mass is 9.92. The van der Waals surface area contributed by atoms with Gasteiger partial charge in [0.2, 0.25) is 0 Å². The van der Waals surface area contributed by atoms with Gasteiger partial charge in [-0.3, -0.25) is 14.5 Å². The monoisotopic (exact) mass is 694 g/mol. The molecule has 4 aromatic carbocycles. The number of hydrogen-bond acceptors (Lipinski definition) is 4. The molecule has 0 bridgehead atoms. The minimum atomic E-state index is -0.0148. The van der Waals surface area contributed by atoms with Crippen LogP contribution in [0.4, 0.5) is 5.69 Å². The number of hydrogen-bond donors (Lipinski definition) is 0. The maximum Gasteiger partial charge on any atom is 0.260 e. The summed E-state index contributed by atoms with van der Waals surface area (Å²) in [5, 5.41) is 0. The first-order chi connectivity index (χ1) is 25.6. The molecule has 4 heterocycles. The number of carbonyl (C=O) groups is 2. The molecule has 0 aliphatic carbocycles. The van der Waals surface area contributed by atoms with Gasteiger partial charge in [-0.2, -0.15) is 0 Å². The number of ether oxygens (including phenoxy) is 1. The first-order valence-electron chi connectivity index (χ1n) is 19.0. The largest absolute Gasteiger partial charge is 0.379 e. The van der Waals surface area contributed by atoms with E-state index in [1.165, 1.54) is 11.1 Å². The van der Waals surface area contributed by atoms with Crippen molar-refractivity contribution in [2.75, 3.05) is 37.7 Å². The van der Waals surface area contributed by atoms with Gasteiger partial charge in [0.05, 0.1) is 25.3 Å². The fourth-order valence-corrected chi connectivity index (χ4v) is 8.00. The van der Waals surface area contributed by atoms with E-state index in [-0.39, 0.29) is 17.9 Å². The van der Waals surface area contributed by atoms with Crippen molar-refractivity contribution in [2.24, 2.45) is 0 Å². The number of benzene rings is 4. The molecule has 1 atom stereocenters. The number of anilines is 1. The van der Waals surface area contributed by atoms with Crippen LogP contribution in [0.2, 0.25) is 0 Å². The Kier molecular flexibility index (Phi) is 11.3. The van der Waals surface area contributed by atoms with E-state index in [4.69, 9.17) is 4.74 Å². The van der Waals surface area contributed by atoms with Crippen LogP contribution in [0.3, 0.4) is 0 Å². The minimum Gasteiger partial charge on any atom is -0.379 e. The summed E-state index contributed by atoms with van der Waals surface area (Å²) in [5.41, 5.74) is 8.78. The van der Waals surface area contributed by atoms with Crippen LogP contribution in [0.5, 0.6) is 0 Å². The second kappa shape index (κ2) is 16.6. The van der Waals surface area contributed by atoms with Gasteiger partial charge in [-0.25, -0.2) is 0 Å². The van der Waals surface area contributed by atoms with Crippen molar-refractivity contribution in [3.63, 3.8) is 0 Å². The summed E-state index contributed by atoms with van der Waals surface area (Å²) < 4.78 is 7.95. The smallest absolute Gasteiger partial charge is 0.260 e. The molecule has 1 unspecified atom stereocenters. The molecule has 8 rings (SSSR count). The molecule has 2 amide bonds. The Bertz CT molecular complexity index is 1970. The Morgan fingerprint density at radius 1 is 0.750 bits per heavy atom. The van der Waals surface area contributed by atoms with E-state index in [1.807, 2.05) is 85.5 Å². The Morgan fingerprint density at radius 2 is 1.42 bits per heavy atom. The molecule has 0 spiro atoms. The summed E-state index contributed by atoms with van der Waals surface area (Å²) in [4.78, 5) is 36.0. The van der Waals surface area contributed by atoms with Gasteiger partial charge in [0.25, 0.3) is 11.8 Å². The highest BCUT2D eigenvalue weighted by molar-refractivity contribution is 6.08. The van der Waals surface area contributed by atoms with E-state index in [0.29, 0.717) is 18.7 Å². The fraction of sp³-hybridized carbons (Fsp3) is 0.333. The molecule has 7 nitrogen and oxygen atoms in total. The normalized spacial score (nSPS) is 17.0. The van der Waals surface area contributed by atoms with Gasteiger partial charge in [0.1, 0.15) is 0 Å². The van der Waals surface area contributed by atoms with Gasteiger partial charge >= 0.3 is 0 Å². The van der Waals surface area contributed by atoms with Gasteiger partial charge in [-0.15, -0.1) is 0 Å². The van der Waals surface area contributed by atoms with Crippen molar-refractivity contribution in [1.29, 1.82) is 0 Å². The third-order valence-corrected chi connectivity index (χ3v) is 10.6. The van der Waals surface area contributed by atoms with E-state index in [2.05, 4.69) is 62.9 Å². The molecule has 1 fully saturated rings. The van der Waals surface area contributed by atoms with E-state index in [1.54, 1.807) is 0 Å². The first kappa shape index (κ1) is 35.4. The van der Waals surface area contributed by atoms with Crippen LogP contribution in [0.25, 0.3) is 11.3 Å². The summed E-state index contributed by atoms with van der Waals surface area (Å²) >= 11 is 0. The molecule has 5 aromatic rings. The predicted molar refractivity (Wildman–Crippen MR) is 209 cm³/mol. The summed E-state index contributed by atoms with van der Waals surface area (Å²) in [7, 11) is 0. The molecule has 0 N–H and O–H groups in total. The number of rotatable bonds is 8. The predicted octanol–water partition coefficient (Wildman–Crippen LogP) is 8.26. The lowest BCUT2D eigenvalue weighted by Crippen LogP contribution is -2.52. The zero-order chi connectivity index (χ0) is 35.9. The lowest BCUT2D eigenvalue weighted by Gasteiger charge is -2.40. The number of para-hydroxylation sites is 1. The van der Waals surface area contributed by atoms with Gasteiger partial charge in [-0.1, -0.05) is 105 Å². The molecule has 0 saturated carbocycles. The van der Waals surface area contributed by atoms with Crippen LogP contribution in [-0.2, 0) is 37.2 Å². The second-order valence-electron chi connectivity index (χ2n) is 13.7. The van der Waals surface area contributed by atoms with Gasteiger partial charge < -0.3 is 19.1 Å². The van der Waals surface area contributed by atoms with E-state index in [0.717, 1.165) is 98.8 Å². The average Bonchev–Trinajstić information content (AvgIpc) is 3.61. The second-order valence-corrected chi connectivity index (χ2v) is 13.7. The molecule has 1 aromatic heterocycles. The minimum absolute atomic E-state index is 0.0148. The van der Waals surface area contributed by atoms with Gasteiger partial charge in [0, 0.05) is 67.0 Å². The van der Waals surface area contributed by atoms with Gasteiger partial charge in [0.15, 0.2) is 0 Å². The zero-order valence-corrected chi connectivity index (χ0v) is 30.5. The number of amides is 2. The molecule has 268 valence electrons. The number of nitrogens with zero attached hydrogens (tertiary/aromatic N) is 4. The average molecular weight is 695 g/mol. The highest BCUT2D eigenvalue weighted by atomic mass is 16.5. The molecule has 3 aliphatic heterocycles. The Morgan fingerprint density at radius 3 is 2.19 bits per heavy atom. The summed E-state index contributed by atoms with van der Waals surface area (Å²) in [6.07, 6.45) is 3.73. The SMILES string of the molecule is CC.O=C(c1cc(-c2ccccc2C(=O)N2Cc3ccccc3CC2CN2CCOCC2)n2c1CCCC2)N(Cc1ccccc1)c1ccccc1. The van der Waals surface area contributed by atoms with Crippen LogP contribution in [-0.4, -0.2) is 65.1 Å². The maximum absolute atomic E-state index is 14.9. The van der Waals surface area contributed by atoms with E-state index >= 15 is 0 Å². The zero-order valence-electron chi connectivity index (χ0n) is 30.5. The van der Waals surface area contributed by atoms with E-state index in [9.17, 15) is 9.59 Å². The maximum atomic E-state index is 14.9. The molecule has 7 heteroatoms. The summed E-state index contributed by atoms with van der Waals surface area (Å²) in [6, 6.07) is 38.8. The van der Waals surface area contributed by atoms with Crippen molar-refractivity contribution < 1.29 is 14.3 Å². The molecule has 52 heavy (non-hydrogen) atoms. The highest BCUT2D eigenvalue weighted by Crippen LogP contribution is 2.36. The quantitative estimate of drug-likeness (QED) is 0.164. The van der Waals surface area contributed by atoms with Crippen molar-refractivity contribution in [1.82, 2.24) is 14.4 Å². The highest BCUT2D eigenvalue weighted by Gasteiger charge is 2.34. The number of aromatic nitrogens is 1. The van der Waals surface area contributed by atoms with Crippen molar-refractivity contribution >= 4 is 17.5 Å².